The second-order valence-corrected chi connectivity index (χ2v) is 6.72. The number of rotatable bonds is 5. The molecule has 0 saturated heterocycles. The molecule has 0 aromatic heterocycles. The molecule has 7 heteroatoms. The highest BCUT2D eigenvalue weighted by molar-refractivity contribution is 7.89. The van der Waals surface area contributed by atoms with Gasteiger partial charge in [0.1, 0.15) is 10.7 Å². The van der Waals surface area contributed by atoms with Crippen molar-refractivity contribution < 1.29 is 17.5 Å². The van der Waals surface area contributed by atoms with Crippen LogP contribution in [0.2, 0.25) is 0 Å². The van der Waals surface area contributed by atoms with Crippen LogP contribution in [0.3, 0.4) is 0 Å². The van der Waals surface area contributed by atoms with Crippen LogP contribution in [-0.4, -0.2) is 34.2 Å². The Bertz CT molecular complexity index is 661. The minimum Gasteiger partial charge on any atom is -0.383 e. The number of hydrogen-bond acceptors (Lipinski definition) is 4. The quantitative estimate of drug-likeness (QED) is 0.789. The summed E-state index contributed by atoms with van der Waals surface area (Å²) in [5.41, 5.74) is 4.75. The van der Waals surface area contributed by atoms with Crippen LogP contribution in [0.4, 0.5) is 4.39 Å². The molecule has 0 saturated carbocycles. The van der Waals surface area contributed by atoms with Crippen LogP contribution < -0.4 is 10.5 Å². The summed E-state index contributed by atoms with van der Waals surface area (Å²) in [6.45, 7) is 3.60. The van der Waals surface area contributed by atoms with Crippen LogP contribution >= 0.6 is 0 Å². The lowest BCUT2D eigenvalue weighted by Crippen LogP contribution is -2.46. The predicted molar refractivity (Wildman–Crippen MR) is 78.6 cm³/mol. The van der Waals surface area contributed by atoms with E-state index in [1.165, 1.54) is 19.2 Å². The number of benzene rings is 1. The van der Waals surface area contributed by atoms with Crippen molar-refractivity contribution in [2.45, 2.75) is 24.3 Å². The minimum absolute atomic E-state index is 0.147. The fraction of sp³-hybridized carbons (Fsp3) is 0.429. The lowest BCUT2D eigenvalue weighted by Gasteiger charge is -2.25. The third kappa shape index (κ3) is 5.10. The van der Waals surface area contributed by atoms with Crippen molar-refractivity contribution in [1.82, 2.24) is 4.72 Å². The number of nitrogens with two attached hydrogens (primary N) is 1. The Balaban J connectivity index is 3.10. The molecule has 0 heterocycles. The molecule has 1 aromatic rings. The first-order chi connectivity index (χ1) is 9.72. The fourth-order valence-corrected chi connectivity index (χ4v) is 3.22. The maximum absolute atomic E-state index is 14.0. The van der Waals surface area contributed by atoms with Crippen LogP contribution in [0.25, 0.3) is 0 Å². The monoisotopic (exact) mass is 314 g/mol. The number of hydrogen-bond donors (Lipinski definition) is 2. The Morgan fingerprint density at radius 3 is 2.62 bits per heavy atom. The number of sulfonamides is 1. The molecule has 0 radical (unpaired) electrons. The van der Waals surface area contributed by atoms with Gasteiger partial charge in [-0.25, -0.2) is 17.5 Å². The number of methoxy groups -OCH3 is 1. The van der Waals surface area contributed by atoms with Gasteiger partial charge >= 0.3 is 0 Å². The third-order valence-electron chi connectivity index (χ3n) is 2.47. The summed E-state index contributed by atoms with van der Waals surface area (Å²) in [5, 5.41) is 0. The maximum Gasteiger partial charge on any atom is 0.244 e. The lowest BCUT2D eigenvalue weighted by atomic mass is 10.1. The second-order valence-electron chi connectivity index (χ2n) is 5.07. The van der Waals surface area contributed by atoms with Crippen LogP contribution in [0.5, 0.6) is 0 Å². The van der Waals surface area contributed by atoms with Gasteiger partial charge in [-0.15, -0.1) is 0 Å². The molecule has 0 unspecified atom stereocenters. The summed E-state index contributed by atoms with van der Waals surface area (Å²) >= 11 is 0. The van der Waals surface area contributed by atoms with Gasteiger partial charge in [0.05, 0.1) is 18.7 Å². The summed E-state index contributed by atoms with van der Waals surface area (Å²) in [4.78, 5) is -0.426. The molecule has 0 aliphatic heterocycles. The molecular weight excluding hydrogens is 295 g/mol. The second kappa shape index (κ2) is 7.00. The Morgan fingerprint density at radius 1 is 1.43 bits per heavy atom. The van der Waals surface area contributed by atoms with E-state index >= 15 is 0 Å². The van der Waals surface area contributed by atoms with Crippen LogP contribution in [0.1, 0.15) is 19.4 Å². The van der Waals surface area contributed by atoms with Gasteiger partial charge in [0, 0.05) is 12.7 Å². The van der Waals surface area contributed by atoms with Gasteiger partial charge < -0.3 is 10.5 Å². The maximum atomic E-state index is 14.0. The van der Waals surface area contributed by atoms with Crippen molar-refractivity contribution in [3.05, 3.63) is 29.6 Å². The first-order valence-corrected chi connectivity index (χ1v) is 7.71. The first-order valence-electron chi connectivity index (χ1n) is 6.23. The van der Waals surface area contributed by atoms with E-state index in [0.717, 1.165) is 6.07 Å². The van der Waals surface area contributed by atoms with Gasteiger partial charge in [-0.05, 0) is 32.0 Å². The van der Waals surface area contributed by atoms with Crippen molar-refractivity contribution in [2.75, 3.05) is 20.3 Å². The molecule has 0 aliphatic carbocycles. The number of halogens is 1. The molecule has 0 bridgehead atoms. The highest BCUT2D eigenvalue weighted by Crippen LogP contribution is 2.18. The van der Waals surface area contributed by atoms with Gasteiger partial charge in [-0.1, -0.05) is 11.8 Å². The average Bonchev–Trinajstić information content (AvgIpc) is 2.34. The molecule has 3 N–H and O–H groups in total. The molecule has 0 atom stereocenters. The molecule has 5 nitrogen and oxygen atoms in total. The van der Waals surface area contributed by atoms with Crippen LogP contribution in [0, 0.1) is 17.7 Å². The van der Waals surface area contributed by atoms with E-state index in [1.54, 1.807) is 13.8 Å². The first kappa shape index (κ1) is 17.6. The van der Waals surface area contributed by atoms with E-state index in [1.807, 2.05) is 0 Å². The van der Waals surface area contributed by atoms with E-state index in [9.17, 15) is 12.8 Å². The fourth-order valence-electron chi connectivity index (χ4n) is 1.76. The Hall–Kier alpha value is -1.46. The van der Waals surface area contributed by atoms with E-state index in [4.69, 9.17) is 10.5 Å². The molecule has 21 heavy (non-hydrogen) atoms. The van der Waals surface area contributed by atoms with Crippen LogP contribution in [-0.2, 0) is 14.8 Å². The van der Waals surface area contributed by atoms with E-state index in [0.29, 0.717) is 5.56 Å². The standard InChI is InChI=1S/C14H19FN2O3S/c1-14(2,10-20-3)17-21(18,19)13-7-6-11(5-4-8-16)9-12(13)15/h6-7,9,17H,8,10,16H2,1-3H3. The summed E-state index contributed by atoms with van der Waals surface area (Å²) < 4.78 is 45.7. The summed E-state index contributed by atoms with van der Waals surface area (Å²) in [5.74, 6) is 4.36. The number of nitrogens with one attached hydrogen (secondary N) is 1. The minimum atomic E-state index is -3.99. The van der Waals surface area contributed by atoms with E-state index < -0.39 is 26.3 Å². The van der Waals surface area contributed by atoms with Crippen molar-refractivity contribution >= 4 is 10.0 Å². The Morgan fingerprint density at radius 2 is 2.10 bits per heavy atom. The topological polar surface area (TPSA) is 81.4 Å². The zero-order chi connectivity index (χ0) is 16.1. The average molecular weight is 314 g/mol. The van der Waals surface area contributed by atoms with Crippen molar-refractivity contribution in [1.29, 1.82) is 0 Å². The highest BCUT2D eigenvalue weighted by Gasteiger charge is 2.28. The molecule has 1 rings (SSSR count). The van der Waals surface area contributed by atoms with Crippen molar-refractivity contribution in [2.24, 2.45) is 5.73 Å². The molecule has 0 aliphatic rings. The van der Waals surface area contributed by atoms with Gasteiger partial charge in [0.25, 0.3) is 0 Å². The zero-order valence-electron chi connectivity index (χ0n) is 12.2. The molecule has 116 valence electrons. The smallest absolute Gasteiger partial charge is 0.244 e. The molecule has 0 fully saturated rings. The summed E-state index contributed by atoms with van der Waals surface area (Å²) in [6.07, 6.45) is 0. The SMILES string of the molecule is COCC(C)(C)NS(=O)(=O)c1ccc(C#CCN)cc1F. The largest absolute Gasteiger partial charge is 0.383 e. The van der Waals surface area contributed by atoms with Gasteiger partial charge in [-0.2, -0.15) is 0 Å². The Kier molecular flexibility index (Phi) is 5.87. The van der Waals surface area contributed by atoms with Gasteiger partial charge in [0.15, 0.2) is 0 Å². The lowest BCUT2D eigenvalue weighted by molar-refractivity contribution is 0.141. The van der Waals surface area contributed by atoms with E-state index in [2.05, 4.69) is 16.6 Å². The molecule has 0 amide bonds. The van der Waals surface area contributed by atoms with Crippen molar-refractivity contribution in [3.8, 4) is 11.8 Å². The molecular formula is C14H19FN2O3S. The Labute approximate surface area is 124 Å². The van der Waals surface area contributed by atoms with E-state index in [-0.39, 0.29) is 13.2 Å². The summed E-state index contributed by atoms with van der Waals surface area (Å²) in [7, 11) is -2.53. The molecule has 0 spiro atoms. The van der Waals surface area contributed by atoms with Gasteiger partial charge in [-0.3, -0.25) is 0 Å². The van der Waals surface area contributed by atoms with Gasteiger partial charge in [0.2, 0.25) is 10.0 Å². The third-order valence-corrected chi connectivity index (χ3v) is 4.20. The highest BCUT2D eigenvalue weighted by atomic mass is 32.2. The zero-order valence-corrected chi connectivity index (χ0v) is 13.1. The molecule has 1 aromatic carbocycles. The number of ether oxygens (including phenoxy) is 1. The normalized spacial score (nSPS) is 11.9. The summed E-state index contributed by atoms with van der Waals surface area (Å²) in [6, 6.07) is 3.69. The van der Waals surface area contributed by atoms with Crippen LogP contribution in [0.15, 0.2) is 23.1 Å². The predicted octanol–water partition coefficient (Wildman–Crippen LogP) is 0.839. The van der Waals surface area contributed by atoms with Crippen molar-refractivity contribution in [3.63, 3.8) is 0 Å².